The Morgan fingerprint density at radius 1 is 1.44 bits per heavy atom. The van der Waals surface area contributed by atoms with Crippen molar-refractivity contribution in [2.45, 2.75) is 12.8 Å². The number of Topliss-reactive ketones (excluding diaryl/α,β-unsaturated/α-hetero) is 1. The molecule has 0 N–H and O–H groups in total. The third kappa shape index (κ3) is 2.97. The Morgan fingerprint density at radius 2 is 2.12 bits per heavy atom. The Balaban J connectivity index is 3.10. The molecule has 0 aliphatic heterocycles. The van der Waals surface area contributed by atoms with E-state index in [1.54, 1.807) is 0 Å². The third-order valence-corrected chi connectivity index (χ3v) is 2.50. The number of ketones is 1. The summed E-state index contributed by atoms with van der Waals surface area (Å²) in [5.74, 6) is 0.0790. The Morgan fingerprint density at radius 3 is 2.69 bits per heavy atom. The molecule has 1 aromatic rings. The topological polar surface area (TPSA) is 43.4 Å². The first-order chi connectivity index (χ1) is 7.60. The summed E-state index contributed by atoms with van der Waals surface area (Å²) in [7, 11) is 1.42. The summed E-state index contributed by atoms with van der Waals surface area (Å²) < 4.78 is 5.03. The van der Waals surface area contributed by atoms with E-state index in [0.717, 1.165) is 0 Å². The van der Waals surface area contributed by atoms with E-state index in [1.807, 2.05) is 0 Å². The van der Waals surface area contributed by atoms with Crippen LogP contribution >= 0.6 is 23.2 Å². The second-order valence-electron chi connectivity index (χ2n) is 3.10. The van der Waals surface area contributed by atoms with Gasteiger partial charge in [-0.3, -0.25) is 4.79 Å². The Kier molecular flexibility index (Phi) is 4.77. The number of carbonyl (C=O) groups excluding carboxylic acids is 2. The molecule has 0 bridgehead atoms. The van der Waals surface area contributed by atoms with Crippen LogP contribution in [0.1, 0.15) is 23.2 Å². The van der Waals surface area contributed by atoms with Gasteiger partial charge in [0.15, 0.2) is 5.78 Å². The van der Waals surface area contributed by atoms with Crippen molar-refractivity contribution >= 4 is 35.3 Å². The number of benzene rings is 1. The van der Waals surface area contributed by atoms with Crippen LogP contribution in [0, 0.1) is 0 Å². The van der Waals surface area contributed by atoms with Crippen LogP contribution in [0.15, 0.2) is 12.1 Å². The first-order valence-electron chi connectivity index (χ1n) is 4.60. The van der Waals surface area contributed by atoms with Crippen molar-refractivity contribution in [2.24, 2.45) is 0 Å². The minimum Gasteiger partial charge on any atom is -0.494 e. The van der Waals surface area contributed by atoms with Gasteiger partial charge in [-0.15, -0.1) is 0 Å². The lowest BCUT2D eigenvalue weighted by molar-refractivity contribution is -0.107. The van der Waals surface area contributed by atoms with Crippen molar-refractivity contribution in [1.29, 1.82) is 0 Å². The monoisotopic (exact) mass is 260 g/mol. The molecule has 0 unspecified atom stereocenters. The molecule has 0 heterocycles. The molecule has 3 nitrogen and oxygen atoms in total. The maximum Gasteiger partial charge on any atom is 0.167 e. The molecule has 86 valence electrons. The number of methoxy groups -OCH3 is 1. The fraction of sp³-hybridized carbons (Fsp3) is 0.273. The van der Waals surface area contributed by atoms with Gasteiger partial charge >= 0.3 is 0 Å². The Labute approximate surface area is 103 Å². The van der Waals surface area contributed by atoms with Crippen molar-refractivity contribution in [3.8, 4) is 5.75 Å². The second-order valence-corrected chi connectivity index (χ2v) is 3.94. The smallest absolute Gasteiger partial charge is 0.167 e. The van der Waals surface area contributed by atoms with E-state index in [2.05, 4.69) is 0 Å². The van der Waals surface area contributed by atoms with E-state index >= 15 is 0 Å². The highest BCUT2D eigenvalue weighted by Crippen LogP contribution is 2.32. The zero-order valence-corrected chi connectivity index (χ0v) is 10.1. The number of ether oxygens (including phenoxy) is 1. The SMILES string of the molecule is COc1c(Cl)cc(Cl)cc1C(=O)CCC=O. The van der Waals surface area contributed by atoms with Gasteiger partial charge in [0.25, 0.3) is 0 Å². The lowest BCUT2D eigenvalue weighted by Gasteiger charge is -2.09. The summed E-state index contributed by atoms with van der Waals surface area (Å²) in [5, 5.41) is 0.643. The van der Waals surface area contributed by atoms with Gasteiger partial charge in [-0.25, -0.2) is 0 Å². The van der Waals surface area contributed by atoms with Crippen LogP contribution in [0.3, 0.4) is 0 Å². The van der Waals surface area contributed by atoms with Gasteiger partial charge in [-0.05, 0) is 12.1 Å². The van der Waals surface area contributed by atoms with Crippen LogP contribution in [0.25, 0.3) is 0 Å². The Hall–Kier alpha value is -1.06. The normalized spacial score (nSPS) is 9.94. The number of halogens is 2. The van der Waals surface area contributed by atoms with E-state index in [-0.39, 0.29) is 23.6 Å². The maximum atomic E-state index is 11.7. The van der Waals surface area contributed by atoms with E-state index in [1.165, 1.54) is 19.2 Å². The molecule has 0 atom stereocenters. The molecular weight excluding hydrogens is 251 g/mol. The molecule has 0 saturated heterocycles. The molecule has 0 fully saturated rings. The van der Waals surface area contributed by atoms with Gasteiger partial charge in [0.05, 0.1) is 17.7 Å². The van der Waals surface area contributed by atoms with Crippen molar-refractivity contribution < 1.29 is 14.3 Å². The number of aldehydes is 1. The summed E-state index contributed by atoms with van der Waals surface area (Å²) in [5.41, 5.74) is 0.307. The summed E-state index contributed by atoms with van der Waals surface area (Å²) >= 11 is 11.7. The molecule has 1 rings (SSSR count). The van der Waals surface area contributed by atoms with Crippen molar-refractivity contribution in [3.63, 3.8) is 0 Å². The third-order valence-electron chi connectivity index (χ3n) is 2.00. The fourth-order valence-corrected chi connectivity index (χ4v) is 1.87. The standard InChI is InChI=1S/C11H10Cl2O3/c1-16-11-8(10(15)3-2-4-14)5-7(12)6-9(11)13/h4-6H,2-3H2,1H3. The average Bonchev–Trinajstić information content (AvgIpc) is 2.24. The maximum absolute atomic E-state index is 11.7. The van der Waals surface area contributed by atoms with Crippen LogP contribution < -0.4 is 4.74 Å². The van der Waals surface area contributed by atoms with Gasteiger partial charge in [-0.2, -0.15) is 0 Å². The first-order valence-corrected chi connectivity index (χ1v) is 5.35. The minimum atomic E-state index is -0.214. The molecular formula is C11H10Cl2O3. The summed E-state index contributed by atoms with van der Waals surface area (Å²) in [6.07, 6.45) is 0.985. The van der Waals surface area contributed by atoms with Crippen molar-refractivity contribution in [3.05, 3.63) is 27.7 Å². The van der Waals surface area contributed by atoms with E-state index in [9.17, 15) is 9.59 Å². The molecule has 0 aliphatic carbocycles. The van der Waals surface area contributed by atoms with Crippen LogP contribution in [-0.4, -0.2) is 19.2 Å². The van der Waals surface area contributed by atoms with Crippen LogP contribution in [0.5, 0.6) is 5.75 Å². The lowest BCUT2D eigenvalue weighted by atomic mass is 10.1. The van der Waals surface area contributed by atoms with Crippen LogP contribution in [-0.2, 0) is 4.79 Å². The fourth-order valence-electron chi connectivity index (χ4n) is 1.30. The van der Waals surface area contributed by atoms with Crippen molar-refractivity contribution in [2.75, 3.05) is 7.11 Å². The van der Waals surface area contributed by atoms with E-state index < -0.39 is 0 Å². The second kappa shape index (κ2) is 5.87. The predicted molar refractivity (Wildman–Crippen MR) is 62.6 cm³/mol. The van der Waals surface area contributed by atoms with Crippen LogP contribution in [0.2, 0.25) is 10.0 Å². The first kappa shape index (κ1) is 13.0. The van der Waals surface area contributed by atoms with Gasteiger partial charge in [0.2, 0.25) is 0 Å². The zero-order chi connectivity index (χ0) is 12.1. The van der Waals surface area contributed by atoms with E-state index in [0.29, 0.717) is 22.6 Å². The molecule has 0 saturated carbocycles. The van der Waals surface area contributed by atoms with Gasteiger partial charge in [-0.1, -0.05) is 23.2 Å². The van der Waals surface area contributed by atoms with Crippen molar-refractivity contribution in [1.82, 2.24) is 0 Å². The number of rotatable bonds is 5. The molecule has 0 spiro atoms. The molecule has 16 heavy (non-hydrogen) atoms. The van der Waals surface area contributed by atoms with Gasteiger partial charge in [0.1, 0.15) is 12.0 Å². The predicted octanol–water partition coefficient (Wildman–Crippen LogP) is 3.16. The molecule has 1 aromatic carbocycles. The number of hydrogen-bond donors (Lipinski definition) is 0. The molecule has 0 amide bonds. The summed E-state index contributed by atoms with van der Waals surface area (Å²) in [6.45, 7) is 0. The molecule has 0 radical (unpaired) electrons. The molecule has 5 heteroatoms. The molecule has 0 aromatic heterocycles. The number of hydrogen-bond acceptors (Lipinski definition) is 3. The van der Waals surface area contributed by atoms with Gasteiger partial charge in [0, 0.05) is 17.9 Å². The highest BCUT2D eigenvalue weighted by Gasteiger charge is 2.16. The highest BCUT2D eigenvalue weighted by atomic mass is 35.5. The minimum absolute atomic E-state index is 0.122. The lowest BCUT2D eigenvalue weighted by Crippen LogP contribution is -2.03. The largest absolute Gasteiger partial charge is 0.494 e. The summed E-state index contributed by atoms with van der Waals surface area (Å²) in [6, 6.07) is 2.98. The quantitative estimate of drug-likeness (QED) is 0.604. The average molecular weight is 261 g/mol. The summed E-state index contributed by atoms with van der Waals surface area (Å²) in [4.78, 5) is 21.9. The van der Waals surface area contributed by atoms with E-state index in [4.69, 9.17) is 27.9 Å². The zero-order valence-electron chi connectivity index (χ0n) is 8.63. The number of carbonyl (C=O) groups is 2. The Bertz CT molecular complexity index is 416. The highest BCUT2D eigenvalue weighted by molar-refractivity contribution is 6.36. The van der Waals surface area contributed by atoms with Crippen LogP contribution in [0.4, 0.5) is 0 Å². The van der Waals surface area contributed by atoms with Gasteiger partial charge < -0.3 is 9.53 Å². The molecule has 0 aliphatic rings.